The maximum absolute atomic E-state index is 4.51. The average Bonchev–Trinajstić information content (AvgIpc) is 3.32. The summed E-state index contributed by atoms with van der Waals surface area (Å²) in [6.07, 6.45) is 5.27. The molecule has 1 aliphatic heterocycles. The van der Waals surface area contributed by atoms with Gasteiger partial charge in [0.2, 0.25) is 0 Å². The summed E-state index contributed by atoms with van der Waals surface area (Å²) < 4.78 is 1.88. The van der Waals surface area contributed by atoms with Crippen molar-refractivity contribution in [2.45, 2.75) is 26.2 Å². The molecule has 0 aliphatic carbocycles. The van der Waals surface area contributed by atoms with Gasteiger partial charge in [-0.15, -0.1) is 24.0 Å². The Morgan fingerprint density at radius 3 is 2.79 bits per heavy atom. The van der Waals surface area contributed by atoms with Crippen molar-refractivity contribution in [2.75, 3.05) is 44.7 Å². The van der Waals surface area contributed by atoms with E-state index in [0.717, 1.165) is 45.1 Å². The second-order valence-corrected chi connectivity index (χ2v) is 7.22. The third kappa shape index (κ3) is 5.40. The van der Waals surface area contributed by atoms with Crippen LogP contribution in [0.1, 0.15) is 30.4 Å². The zero-order chi connectivity index (χ0) is 19.2. The fourth-order valence-electron chi connectivity index (χ4n) is 3.88. The van der Waals surface area contributed by atoms with E-state index in [1.807, 2.05) is 25.0 Å². The first-order valence-corrected chi connectivity index (χ1v) is 9.87. The molecule has 2 aromatic rings. The molecule has 1 saturated heterocycles. The summed E-state index contributed by atoms with van der Waals surface area (Å²) in [6, 6.07) is 8.58. The largest absolute Gasteiger partial charge is 0.370 e. The van der Waals surface area contributed by atoms with E-state index in [9.17, 15) is 0 Å². The van der Waals surface area contributed by atoms with Crippen LogP contribution in [0.5, 0.6) is 0 Å². The van der Waals surface area contributed by atoms with E-state index in [0.29, 0.717) is 5.92 Å². The number of halogens is 1. The number of likely N-dealkylation sites (tertiary alicyclic amines) is 1. The van der Waals surface area contributed by atoms with Gasteiger partial charge in [0.15, 0.2) is 5.96 Å². The van der Waals surface area contributed by atoms with Crippen molar-refractivity contribution in [3.05, 3.63) is 47.8 Å². The summed E-state index contributed by atoms with van der Waals surface area (Å²) in [5, 5.41) is 7.87. The summed E-state index contributed by atoms with van der Waals surface area (Å²) in [5.41, 5.74) is 3.96. The van der Waals surface area contributed by atoms with Crippen LogP contribution in [0.3, 0.4) is 0 Å². The fraction of sp³-hybridized carbons (Fsp3) is 0.524. The Bertz CT molecular complexity index is 772. The van der Waals surface area contributed by atoms with E-state index in [1.165, 1.54) is 16.8 Å². The van der Waals surface area contributed by atoms with Crippen LogP contribution >= 0.6 is 24.0 Å². The second kappa shape index (κ2) is 10.7. The molecule has 1 fully saturated rings. The summed E-state index contributed by atoms with van der Waals surface area (Å²) >= 11 is 0. The number of aryl methyl sites for hydroxylation is 2. The third-order valence-electron chi connectivity index (χ3n) is 5.40. The van der Waals surface area contributed by atoms with Gasteiger partial charge in [0, 0.05) is 64.6 Å². The number of anilines is 1. The van der Waals surface area contributed by atoms with Crippen LogP contribution < -0.4 is 10.2 Å². The van der Waals surface area contributed by atoms with Crippen LogP contribution in [0.25, 0.3) is 0 Å². The highest BCUT2D eigenvalue weighted by Crippen LogP contribution is 2.26. The number of para-hydroxylation sites is 1. The van der Waals surface area contributed by atoms with Gasteiger partial charge in [0.1, 0.15) is 0 Å². The van der Waals surface area contributed by atoms with Crippen LogP contribution in [-0.2, 0) is 7.05 Å². The Hall–Kier alpha value is -1.77. The monoisotopic (exact) mass is 496 g/mol. The number of hydrogen-bond acceptors (Lipinski definition) is 3. The first kappa shape index (κ1) is 22.5. The summed E-state index contributed by atoms with van der Waals surface area (Å²) in [7, 11) is 3.85. The Morgan fingerprint density at radius 1 is 1.36 bits per heavy atom. The molecule has 1 aliphatic rings. The van der Waals surface area contributed by atoms with E-state index in [1.54, 1.807) is 0 Å². The molecule has 28 heavy (non-hydrogen) atoms. The molecule has 0 amide bonds. The quantitative estimate of drug-likeness (QED) is 0.379. The molecule has 7 heteroatoms. The topological polar surface area (TPSA) is 48.7 Å². The highest BCUT2D eigenvalue weighted by atomic mass is 127. The van der Waals surface area contributed by atoms with Crippen molar-refractivity contribution in [1.82, 2.24) is 20.0 Å². The van der Waals surface area contributed by atoms with E-state index >= 15 is 0 Å². The molecule has 1 N–H and O–H groups in total. The van der Waals surface area contributed by atoms with Gasteiger partial charge in [0.05, 0.1) is 6.20 Å². The molecule has 1 aromatic heterocycles. The van der Waals surface area contributed by atoms with Gasteiger partial charge in [-0.2, -0.15) is 5.10 Å². The Kier molecular flexibility index (Phi) is 8.59. The van der Waals surface area contributed by atoms with Crippen molar-refractivity contribution < 1.29 is 0 Å². The van der Waals surface area contributed by atoms with Crippen LogP contribution in [0.4, 0.5) is 5.69 Å². The number of nitrogens with one attached hydrogen (secondary N) is 1. The SMILES string of the molecule is CCN(CCNC(=NC)N1CCC(c2cnn(C)c2)C1)c1ccccc1C.I. The minimum atomic E-state index is 0. The Balaban J connectivity index is 0.00000280. The molecule has 1 unspecified atom stereocenters. The molecule has 2 heterocycles. The molecule has 0 radical (unpaired) electrons. The summed E-state index contributed by atoms with van der Waals surface area (Å²) in [5.74, 6) is 1.54. The maximum Gasteiger partial charge on any atom is 0.193 e. The number of guanidine groups is 1. The minimum absolute atomic E-state index is 0. The van der Waals surface area contributed by atoms with Crippen molar-refractivity contribution in [3.8, 4) is 0 Å². The number of rotatable bonds is 6. The lowest BCUT2D eigenvalue weighted by Crippen LogP contribution is -2.43. The molecule has 0 saturated carbocycles. The number of hydrogen-bond donors (Lipinski definition) is 1. The molecule has 0 bridgehead atoms. The molecule has 6 nitrogen and oxygen atoms in total. The lowest BCUT2D eigenvalue weighted by molar-refractivity contribution is 0.486. The first-order chi connectivity index (χ1) is 13.1. The van der Waals surface area contributed by atoms with Gasteiger partial charge < -0.3 is 15.1 Å². The lowest BCUT2D eigenvalue weighted by atomic mass is 10.0. The van der Waals surface area contributed by atoms with Gasteiger partial charge in [-0.05, 0) is 37.5 Å². The van der Waals surface area contributed by atoms with Gasteiger partial charge >= 0.3 is 0 Å². The standard InChI is InChI=1S/C21H32N6.HI/c1-5-26(20-9-7-6-8-17(20)2)13-11-23-21(22-3)27-12-10-18(16-27)19-14-24-25(4)15-19;/h6-9,14-15,18H,5,10-13,16H2,1-4H3,(H,22,23);1H. The van der Waals surface area contributed by atoms with E-state index < -0.39 is 0 Å². The van der Waals surface area contributed by atoms with Crippen LogP contribution in [0.15, 0.2) is 41.7 Å². The third-order valence-corrected chi connectivity index (χ3v) is 5.40. The van der Waals surface area contributed by atoms with Gasteiger partial charge in [-0.3, -0.25) is 9.67 Å². The predicted octanol–water partition coefficient (Wildman–Crippen LogP) is 3.24. The van der Waals surface area contributed by atoms with E-state index in [4.69, 9.17) is 0 Å². The zero-order valence-electron chi connectivity index (χ0n) is 17.4. The smallest absolute Gasteiger partial charge is 0.193 e. The fourth-order valence-corrected chi connectivity index (χ4v) is 3.88. The van der Waals surface area contributed by atoms with Crippen molar-refractivity contribution in [2.24, 2.45) is 12.0 Å². The number of aliphatic imine (C=N–C) groups is 1. The normalized spacial score (nSPS) is 16.8. The first-order valence-electron chi connectivity index (χ1n) is 9.87. The minimum Gasteiger partial charge on any atom is -0.370 e. The average molecular weight is 496 g/mol. The molecule has 154 valence electrons. The van der Waals surface area contributed by atoms with Crippen LogP contribution in [0.2, 0.25) is 0 Å². The van der Waals surface area contributed by atoms with Gasteiger partial charge in [-0.1, -0.05) is 18.2 Å². The second-order valence-electron chi connectivity index (χ2n) is 7.22. The van der Waals surface area contributed by atoms with Crippen molar-refractivity contribution in [3.63, 3.8) is 0 Å². The predicted molar refractivity (Wildman–Crippen MR) is 128 cm³/mol. The van der Waals surface area contributed by atoms with Crippen molar-refractivity contribution in [1.29, 1.82) is 0 Å². The molecule has 1 atom stereocenters. The van der Waals surface area contributed by atoms with Crippen molar-refractivity contribution >= 4 is 35.6 Å². The molecule has 1 aromatic carbocycles. The Labute approximate surface area is 186 Å². The van der Waals surface area contributed by atoms with E-state index in [-0.39, 0.29) is 24.0 Å². The summed E-state index contributed by atoms with van der Waals surface area (Å²) in [4.78, 5) is 9.29. The summed E-state index contributed by atoms with van der Waals surface area (Å²) in [6.45, 7) is 9.25. The maximum atomic E-state index is 4.51. The molecule has 0 spiro atoms. The lowest BCUT2D eigenvalue weighted by Gasteiger charge is -2.27. The van der Waals surface area contributed by atoms with Crippen LogP contribution in [0, 0.1) is 6.92 Å². The highest BCUT2D eigenvalue weighted by molar-refractivity contribution is 14.0. The molecule has 3 rings (SSSR count). The number of benzene rings is 1. The number of nitrogens with zero attached hydrogens (tertiary/aromatic N) is 5. The molecular formula is C21H33IN6. The van der Waals surface area contributed by atoms with Gasteiger partial charge in [0.25, 0.3) is 0 Å². The number of likely N-dealkylation sites (N-methyl/N-ethyl adjacent to an activating group) is 1. The van der Waals surface area contributed by atoms with Gasteiger partial charge in [-0.25, -0.2) is 0 Å². The van der Waals surface area contributed by atoms with E-state index in [2.05, 4.69) is 69.5 Å². The number of aromatic nitrogens is 2. The molecular weight excluding hydrogens is 463 g/mol. The zero-order valence-corrected chi connectivity index (χ0v) is 19.8. The van der Waals surface area contributed by atoms with Crippen LogP contribution in [-0.4, -0.2) is 60.4 Å². The Morgan fingerprint density at radius 2 is 2.14 bits per heavy atom. The highest BCUT2D eigenvalue weighted by Gasteiger charge is 2.26.